The number of carbonyl (C=O) groups is 1. The number of benzene rings is 2. The number of ether oxygens (including phenoxy) is 2. The smallest absolute Gasteiger partial charge is 0.311 e. The lowest BCUT2D eigenvalue weighted by Gasteiger charge is -2.23. The molecule has 4 rings (SSSR count). The molecule has 0 bridgehead atoms. The topological polar surface area (TPSA) is 60.7 Å². The number of nitrogens with one attached hydrogen (secondary N) is 1. The first-order valence-corrected chi connectivity index (χ1v) is 9.22. The first-order valence-electron chi connectivity index (χ1n) is 9.22. The van der Waals surface area contributed by atoms with E-state index in [0.29, 0.717) is 13.2 Å². The predicted octanol–water partition coefficient (Wildman–Crippen LogP) is 4.05. The first kappa shape index (κ1) is 17.6. The van der Waals surface area contributed by atoms with Gasteiger partial charge in [0.1, 0.15) is 11.3 Å². The lowest BCUT2D eigenvalue weighted by Crippen LogP contribution is -2.27. The lowest BCUT2D eigenvalue weighted by molar-refractivity contribution is -0.148. The number of esters is 1. The minimum atomic E-state index is -0.300. The Labute approximate surface area is 158 Å². The van der Waals surface area contributed by atoms with Crippen molar-refractivity contribution in [3.8, 4) is 5.75 Å². The highest BCUT2D eigenvalue weighted by atomic mass is 16.5. The van der Waals surface area contributed by atoms with E-state index in [9.17, 15) is 4.79 Å². The van der Waals surface area contributed by atoms with Gasteiger partial charge >= 0.3 is 5.97 Å². The van der Waals surface area contributed by atoms with Gasteiger partial charge in [-0.2, -0.15) is 0 Å². The number of furan rings is 1. The third kappa shape index (κ3) is 3.30. The van der Waals surface area contributed by atoms with Crippen LogP contribution in [0.4, 0.5) is 0 Å². The van der Waals surface area contributed by atoms with E-state index in [1.165, 1.54) is 0 Å². The molecule has 2 heterocycles. The zero-order valence-corrected chi connectivity index (χ0v) is 15.5. The molecule has 2 aromatic carbocycles. The van der Waals surface area contributed by atoms with Crippen LogP contribution in [0.5, 0.6) is 5.75 Å². The Morgan fingerprint density at radius 3 is 2.67 bits per heavy atom. The summed E-state index contributed by atoms with van der Waals surface area (Å²) in [6.45, 7) is 2.91. The van der Waals surface area contributed by atoms with Crippen LogP contribution in [0.3, 0.4) is 0 Å². The van der Waals surface area contributed by atoms with Gasteiger partial charge in [-0.25, -0.2) is 0 Å². The van der Waals surface area contributed by atoms with Crippen LogP contribution in [0.15, 0.2) is 59.2 Å². The molecule has 0 radical (unpaired) electrons. The number of methoxy groups -OCH3 is 1. The third-order valence-electron chi connectivity index (χ3n) is 5.29. The van der Waals surface area contributed by atoms with Crippen molar-refractivity contribution in [1.82, 2.24) is 5.32 Å². The van der Waals surface area contributed by atoms with Gasteiger partial charge in [-0.1, -0.05) is 24.3 Å². The molecule has 0 aliphatic carbocycles. The first-order chi connectivity index (χ1) is 13.2. The van der Waals surface area contributed by atoms with E-state index in [2.05, 4.69) is 11.4 Å². The molecule has 3 aromatic rings. The minimum Gasteiger partial charge on any atom is -0.497 e. The fourth-order valence-electron chi connectivity index (χ4n) is 3.94. The van der Waals surface area contributed by atoms with Gasteiger partial charge in [0.2, 0.25) is 0 Å². The van der Waals surface area contributed by atoms with E-state index in [0.717, 1.165) is 27.8 Å². The van der Waals surface area contributed by atoms with Crippen LogP contribution < -0.4 is 10.1 Å². The Hall–Kier alpha value is -2.79. The molecule has 0 amide bonds. The van der Waals surface area contributed by atoms with Gasteiger partial charge in [0, 0.05) is 23.9 Å². The Bertz CT molecular complexity index is 931. The normalized spacial score (nSPS) is 22.1. The van der Waals surface area contributed by atoms with Gasteiger partial charge in [-0.05, 0) is 42.3 Å². The molecular weight excluding hydrogens is 342 g/mol. The molecule has 0 spiro atoms. The maximum absolute atomic E-state index is 12.8. The van der Waals surface area contributed by atoms with Gasteiger partial charge in [0.05, 0.1) is 25.9 Å². The molecule has 3 atom stereocenters. The van der Waals surface area contributed by atoms with E-state index in [-0.39, 0.29) is 23.8 Å². The second kappa shape index (κ2) is 7.45. The van der Waals surface area contributed by atoms with Crippen LogP contribution in [0.2, 0.25) is 0 Å². The third-order valence-corrected chi connectivity index (χ3v) is 5.29. The fourth-order valence-corrected chi connectivity index (χ4v) is 3.94. The van der Waals surface area contributed by atoms with E-state index in [4.69, 9.17) is 13.9 Å². The average molecular weight is 365 g/mol. The molecule has 1 N–H and O–H groups in total. The number of rotatable bonds is 5. The summed E-state index contributed by atoms with van der Waals surface area (Å²) < 4.78 is 16.2. The molecule has 1 fully saturated rings. The van der Waals surface area contributed by atoms with Crippen LogP contribution >= 0.6 is 0 Å². The largest absolute Gasteiger partial charge is 0.497 e. The quantitative estimate of drug-likeness (QED) is 0.691. The van der Waals surface area contributed by atoms with Crippen molar-refractivity contribution in [2.75, 3.05) is 20.3 Å². The standard InChI is InChI=1S/C22H23NO4/c1-3-26-22(24)20-18(16-5-4-14-10-11-27-19(14)12-16)13-23-21(20)15-6-8-17(25-2)9-7-15/h4-12,18,20-21,23H,3,13H2,1-2H3/t18-,20-,21+/m1/s1. The molecular formula is C22H23NO4. The minimum absolute atomic E-state index is 0.0191. The van der Waals surface area contributed by atoms with Crippen molar-refractivity contribution in [3.63, 3.8) is 0 Å². The van der Waals surface area contributed by atoms with Gasteiger partial charge in [-0.15, -0.1) is 0 Å². The number of carbonyl (C=O) groups excluding carboxylic acids is 1. The molecule has 1 saturated heterocycles. The highest BCUT2D eigenvalue weighted by Crippen LogP contribution is 2.41. The van der Waals surface area contributed by atoms with Crippen molar-refractivity contribution in [2.24, 2.45) is 5.92 Å². The van der Waals surface area contributed by atoms with E-state index in [1.54, 1.807) is 13.4 Å². The van der Waals surface area contributed by atoms with E-state index >= 15 is 0 Å². The van der Waals surface area contributed by atoms with Crippen molar-refractivity contribution in [3.05, 3.63) is 65.9 Å². The highest BCUT2D eigenvalue weighted by molar-refractivity contribution is 5.79. The molecule has 5 nitrogen and oxygen atoms in total. The molecule has 140 valence electrons. The van der Waals surface area contributed by atoms with Crippen LogP contribution in [0.1, 0.15) is 30.0 Å². The fraction of sp³-hybridized carbons (Fsp3) is 0.318. The zero-order chi connectivity index (χ0) is 18.8. The number of hydrogen-bond acceptors (Lipinski definition) is 5. The van der Waals surface area contributed by atoms with Crippen molar-refractivity contribution in [1.29, 1.82) is 0 Å². The van der Waals surface area contributed by atoms with Crippen molar-refractivity contribution in [2.45, 2.75) is 18.9 Å². The molecule has 1 aliphatic heterocycles. The van der Waals surface area contributed by atoms with Crippen LogP contribution in [0, 0.1) is 5.92 Å². The van der Waals surface area contributed by atoms with Crippen molar-refractivity contribution >= 4 is 16.9 Å². The Morgan fingerprint density at radius 1 is 1.15 bits per heavy atom. The second-order valence-electron chi connectivity index (χ2n) is 6.76. The summed E-state index contributed by atoms with van der Waals surface area (Å²) in [5.41, 5.74) is 2.97. The summed E-state index contributed by atoms with van der Waals surface area (Å²) in [6.07, 6.45) is 1.68. The van der Waals surface area contributed by atoms with Gasteiger partial charge in [0.15, 0.2) is 0 Å². The SMILES string of the molecule is CCOC(=O)[C@@H]1[C@@H](c2ccc3ccoc3c2)CN[C@H]1c1ccc(OC)cc1. The predicted molar refractivity (Wildman–Crippen MR) is 103 cm³/mol. The van der Waals surface area contributed by atoms with Gasteiger partial charge < -0.3 is 19.2 Å². The van der Waals surface area contributed by atoms with Gasteiger partial charge in [-0.3, -0.25) is 4.79 Å². The summed E-state index contributed by atoms with van der Waals surface area (Å²) >= 11 is 0. The molecule has 0 unspecified atom stereocenters. The maximum Gasteiger partial charge on any atom is 0.311 e. The van der Waals surface area contributed by atoms with E-state index < -0.39 is 0 Å². The van der Waals surface area contributed by atoms with Crippen LogP contribution in [0.25, 0.3) is 11.0 Å². The molecule has 5 heteroatoms. The summed E-state index contributed by atoms with van der Waals surface area (Å²) in [4.78, 5) is 12.8. The number of fused-ring (bicyclic) bond motifs is 1. The Balaban J connectivity index is 1.69. The van der Waals surface area contributed by atoms with Crippen LogP contribution in [-0.4, -0.2) is 26.2 Å². The lowest BCUT2D eigenvalue weighted by atomic mass is 9.82. The molecule has 0 saturated carbocycles. The highest BCUT2D eigenvalue weighted by Gasteiger charge is 2.43. The molecule has 27 heavy (non-hydrogen) atoms. The zero-order valence-electron chi connectivity index (χ0n) is 15.5. The number of hydrogen-bond donors (Lipinski definition) is 1. The second-order valence-corrected chi connectivity index (χ2v) is 6.76. The molecule has 1 aliphatic rings. The summed E-state index contributed by atoms with van der Waals surface area (Å²) in [5.74, 6) is 0.341. The van der Waals surface area contributed by atoms with Crippen LogP contribution in [-0.2, 0) is 9.53 Å². The Kier molecular flexibility index (Phi) is 4.86. The van der Waals surface area contributed by atoms with E-state index in [1.807, 2.05) is 49.4 Å². The molecule has 1 aromatic heterocycles. The maximum atomic E-state index is 12.8. The Morgan fingerprint density at radius 2 is 1.93 bits per heavy atom. The summed E-state index contributed by atoms with van der Waals surface area (Å²) in [5, 5.41) is 4.58. The van der Waals surface area contributed by atoms with Gasteiger partial charge in [0.25, 0.3) is 0 Å². The van der Waals surface area contributed by atoms with Crippen molar-refractivity contribution < 1.29 is 18.7 Å². The summed E-state index contributed by atoms with van der Waals surface area (Å²) in [6, 6.07) is 15.8. The average Bonchev–Trinajstić information content (AvgIpc) is 3.34. The summed E-state index contributed by atoms with van der Waals surface area (Å²) in [7, 11) is 1.64. The monoisotopic (exact) mass is 365 g/mol.